The summed E-state index contributed by atoms with van der Waals surface area (Å²) in [6.07, 6.45) is 0.633. The molecule has 176 valence electrons. The van der Waals surface area contributed by atoms with Crippen LogP contribution in [0, 0.1) is 0 Å². The van der Waals surface area contributed by atoms with E-state index in [1.54, 1.807) is 29.3 Å². The van der Waals surface area contributed by atoms with E-state index in [9.17, 15) is 9.59 Å². The van der Waals surface area contributed by atoms with Crippen LogP contribution in [0.2, 0.25) is 0 Å². The molecule has 0 fully saturated rings. The maximum Gasteiger partial charge on any atom is 0.333 e. The van der Waals surface area contributed by atoms with Gasteiger partial charge >= 0.3 is 6.03 Å². The van der Waals surface area contributed by atoms with Crippen LogP contribution in [0.3, 0.4) is 0 Å². The molecule has 9 nitrogen and oxygen atoms in total. The summed E-state index contributed by atoms with van der Waals surface area (Å²) in [5.41, 5.74) is 5.71. The van der Waals surface area contributed by atoms with Gasteiger partial charge in [0.1, 0.15) is 17.3 Å². The number of carbonyl (C=O) groups is 2. The molecule has 1 aliphatic rings. The Labute approximate surface area is 202 Å². The molecule has 0 bridgehead atoms. The zero-order valence-corrected chi connectivity index (χ0v) is 18.8. The fraction of sp³-hybridized carbons (Fsp3) is 0.115. The van der Waals surface area contributed by atoms with Gasteiger partial charge in [0.25, 0.3) is 5.91 Å². The number of aromatic amines is 1. The van der Waals surface area contributed by atoms with Crippen LogP contribution in [-0.4, -0.2) is 33.7 Å². The molecule has 0 unspecified atom stereocenters. The number of rotatable bonds is 6. The number of nitrogens with zero attached hydrogens (tertiary/aromatic N) is 2. The predicted molar refractivity (Wildman–Crippen MR) is 132 cm³/mol. The Balaban J connectivity index is 1.23. The first-order valence-corrected chi connectivity index (χ1v) is 11.2. The molecular formula is C26H24N6O3. The van der Waals surface area contributed by atoms with Crippen molar-refractivity contribution in [2.24, 2.45) is 0 Å². The summed E-state index contributed by atoms with van der Waals surface area (Å²) in [5.74, 6) is 1.48. The number of nitrogens with one attached hydrogen (secondary N) is 4. The molecule has 0 saturated carbocycles. The molecule has 9 heteroatoms. The highest BCUT2D eigenvalue weighted by atomic mass is 16.5. The topological polar surface area (TPSA) is 111 Å². The average molecular weight is 469 g/mol. The molecule has 5 rings (SSSR count). The van der Waals surface area contributed by atoms with E-state index in [4.69, 9.17) is 4.74 Å². The van der Waals surface area contributed by atoms with Crippen molar-refractivity contribution >= 4 is 23.4 Å². The number of urea groups is 1. The van der Waals surface area contributed by atoms with Crippen molar-refractivity contribution in [3.05, 3.63) is 102 Å². The van der Waals surface area contributed by atoms with Gasteiger partial charge < -0.3 is 15.4 Å². The van der Waals surface area contributed by atoms with Gasteiger partial charge in [-0.05, 0) is 42.5 Å². The van der Waals surface area contributed by atoms with Crippen LogP contribution in [0.4, 0.5) is 16.3 Å². The number of hydrogen-bond donors (Lipinski definition) is 4. The lowest BCUT2D eigenvalue weighted by atomic mass is 10.1. The van der Waals surface area contributed by atoms with Gasteiger partial charge in [0, 0.05) is 36.3 Å². The van der Waals surface area contributed by atoms with Crippen molar-refractivity contribution in [3.63, 3.8) is 0 Å². The first-order valence-electron chi connectivity index (χ1n) is 11.2. The van der Waals surface area contributed by atoms with Crippen LogP contribution in [0.5, 0.6) is 11.5 Å². The average Bonchev–Trinajstić information content (AvgIpc) is 3.27. The van der Waals surface area contributed by atoms with Crippen LogP contribution in [-0.2, 0) is 13.0 Å². The quantitative estimate of drug-likeness (QED) is 0.332. The van der Waals surface area contributed by atoms with Gasteiger partial charge in [0.2, 0.25) is 0 Å². The monoisotopic (exact) mass is 468 g/mol. The molecule has 0 spiro atoms. The Hall–Kier alpha value is -4.63. The molecule has 0 radical (unpaired) electrons. The SMILES string of the molecule is O=C(Nc1ccccc1)NN1CCc2n[nH]c(NC(=O)c3cccc(Oc4ccccc4)c3)c2C1. The van der Waals surface area contributed by atoms with Gasteiger partial charge in [-0.15, -0.1) is 0 Å². The Morgan fingerprint density at radius 2 is 1.63 bits per heavy atom. The van der Waals surface area contributed by atoms with Crippen molar-refractivity contribution in [2.75, 3.05) is 17.2 Å². The van der Waals surface area contributed by atoms with Gasteiger partial charge in [-0.25, -0.2) is 9.80 Å². The van der Waals surface area contributed by atoms with Gasteiger partial charge in [-0.3, -0.25) is 15.3 Å². The van der Waals surface area contributed by atoms with Gasteiger partial charge in [0.15, 0.2) is 0 Å². The number of H-pyrrole nitrogens is 1. The lowest BCUT2D eigenvalue weighted by molar-refractivity contribution is 0.102. The Bertz CT molecular complexity index is 1320. The second kappa shape index (κ2) is 10.1. The Morgan fingerprint density at radius 3 is 2.43 bits per heavy atom. The standard InChI is InChI=1S/C26H24N6O3/c33-25(18-8-7-13-21(16-18)35-20-11-5-2-6-12-20)28-24-22-17-32(15-14-23(22)29-30-24)31-26(34)27-19-9-3-1-4-10-19/h1-13,16H,14-15,17H2,(H2,27,31,34)(H2,28,29,30,33). The molecule has 0 aliphatic carbocycles. The molecule has 4 N–H and O–H groups in total. The third-order valence-electron chi connectivity index (χ3n) is 5.53. The van der Waals surface area contributed by atoms with E-state index >= 15 is 0 Å². The summed E-state index contributed by atoms with van der Waals surface area (Å²) in [7, 11) is 0. The van der Waals surface area contributed by atoms with E-state index in [1.807, 2.05) is 60.7 Å². The van der Waals surface area contributed by atoms with Crippen molar-refractivity contribution < 1.29 is 14.3 Å². The highest BCUT2D eigenvalue weighted by molar-refractivity contribution is 6.04. The first-order chi connectivity index (χ1) is 17.1. The highest BCUT2D eigenvalue weighted by Gasteiger charge is 2.24. The van der Waals surface area contributed by atoms with Crippen LogP contribution < -0.4 is 20.8 Å². The number of carbonyl (C=O) groups excluding carboxylic acids is 2. The third-order valence-corrected chi connectivity index (χ3v) is 5.53. The van der Waals surface area contributed by atoms with Gasteiger partial charge in [0.05, 0.1) is 5.69 Å². The summed E-state index contributed by atoms with van der Waals surface area (Å²) in [4.78, 5) is 25.3. The lowest BCUT2D eigenvalue weighted by Crippen LogP contribution is -2.46. The fourth-order valence-electron chi connectivity index (χ4n) is 3.82. The lowest BCUT2D eigenvalue weighted by Gasteiger charge is -2.27. The van der Waals surface area contributed by atoms with Crippen LogP contribution in [0.15, 0.2) is 84.9 Å². The van der Waals surface area contributed by atoms with E-state index in [2.05, 4.69) is 26.3 Å². The van der Waals surface area contributed by atoms with E-state index in [1.165, 1.54) is 0 Å². The van der Waals surface area contributed by atoms with E-state index < -0.39 is 0 Å². The normalized spacial score (nSPS) is 12.9. The zero-order valence-electron chi connectivity index (χ0n) is 18.8. The number of amides is 3. The Morgan fingerprint density at radius 1 is 0.886 bits per heavy atom. The van der Waals surface area contributed by atoms with E-state index in [-0.39, 0.29) is 11.9 Å². The second-order valence-electron chi connectivity index (χ2n) is 8.02. The molecule has 4 aromatic rings. The molecular weight excluding hydrogens is 444 g/mol. The largest absolute Gasteiger partial charge is 0.457 e. The summed E-state index contributed by atoms with van der Waals surface area (Å²) < 4.78 is 5.84. The highest BCUT2D eigenvalue weighted by Crippen LogP contribution is 2.25. The minimum absolute atomic E-state index is 0.290. The smallest absolute Gasteiger partial charge is 0.333 e. The van der Waals surface area contributed by atoms with E-state index in [0.29, 0.717) is 48.1 Å². The second-order valence-corrected chi connectivity index (χ2v) is 8.02. The molecule has 3 amide bonds. The van der Waals surface area contributed by atoms with Crippen LogP contribution in [0.25, 0.3) is 0 Å². The minimum Gasteiger partial charge on any atom is -0.457 e. The number of benzene rings is 3. The molecule has 0 saturated heterocycles. The number of hydrazine groups is 1. The molecule has 35 heavy (non-hydrogen) atoms. The summed E-state index contributed by atoms with van der Waals surface area (Å²) >= 11 is 0. The number of aromatic nitrogens is 2. The van der Waals surface area contributed by atoms with Crippen molar-refractivity contribution in [1.29, 1.82) is 0 Å². The van der Waals surface area contributed by atoms with E-state index in [0.717, 1.165) is 11.3 Å². The predicted octanol–water partition coefficient (Wildman–Crippen LogP) is 4.55. The minimum atomic E-state index is -0.330. The zero-order chi connectivity index (χ0) is 24.0. The summed E-state index contributed by atoms with van der Waals surface area (Å²) in [6.45, 7) is 1.01. The number of hydrogen-bond acceptors (Lipinski definition) is 5. The molecule has 2 heterocycles. The molecule has 1 aromatic heterocycles. The summed E-state index contributed by atoms with van der Waals surface area (Å²) in [6, 6.07) is 25.3. The number of fused-ring (bicyclic) bond motifs is 1. The number of para-hydroxylation sites is 2. The number of anilines is 2. The van der Waals surface area contributed by atoms with Crippen molar-refractivity contribution in [3.8, 4) is 11.5 Å². The Kier molecular flexibility index (Phi) is 6.40. The maximum atomic E-state index is 13.0. The van der Waals surface area contributed by atoms with Crippen LogP contribution in [0.1, 0.15) is 21.6 Å². The van der Waals surface area contributed by atoms with Crippen molar-refractivity contribution in [2.45, 2.75) is 13.0 Å². The van der Waals surface area contributed by atoms with Gasteiger partial charge in [-0.1, -0.05) is 42.5 Å². The number of ether oxygens (including phenoxy) is 1. The van der Waals surface area contributed by atoms with Crippen LogP contribution >= 0.6 is 0 Å². The summed E-state index contributed by atoms with van der Waals surface area (Å²) in [5, 5.41) is 14.8. The third kappa shape index (κ3) is 5.48. The maximum absolute atomic E-state index is 13.0. The molecule has 3 aromatic carbocycles. The molecule has 1 aliphatic heterocycles. The molecule has 0 atom stereocenters. The first kappa shape index (κ1) is 22.2. The fourth-order valence-corrected chi connectivity index (χ4v) is 3.82. The van der Waals surface area contributed by atoms with Crippen molar-refractivity contribution in [1.82, 2.24) is 20.6 Å². The van der Waals surface area contributed by atoms with Gasteiger partial charge in [-0.2, -0.15) is 5.10 Å².